The second-order valence-corrected chi connectivity index (χ2v) is 4.50. The number of aliphatic carboxylic acids is 1. The molecule has 15 heavy (non-hydrogen) atoms. The minimum Gasteiger partial charge on any atom is -0.478 e. The maximum absolute atomic E-state index is 13.1. The third-order valence-corrected chi connectivity index (χ3v) is 3.26. The van der Waals surface area contributed by atoms with E-state index in [1.807, 2.05) is 0 Å². The number of carboxylic acids is 1. The van der Waals surface area contributed by atoms with Crippen LogP contribution in [0.2, 0.25) is 0 Å². The molecule has 0 spiro atoms. The molecular formula is C9H10FNO4. The Hall–Kier alpha value is -1.46. The van der Waals surface area contributed by atoms with Crippen molar-refractivity contribution in [3.05, 3.63) is 0 Å². The molecule has 0 aromatic rings. The van der Waals surface area contributed by atoms with Gasteiger partial charge in [-0.1, -0.05) is 13.8 Å². The molecule has 1 aliphatic carbocycles. The van der Waals surface area contributed by atoms with E-state index < -0.39 is 41.3 Å². The van der Waals surface area contributed by atoms with Crippen molar-refractivity contribution in [2.24, 2.45) is 17.3 Å². The number of piperidine rings is 1. The van der Waals surface area contributed by atoms with Crippen molar-refractivity contribution in [1.82, 2.24) is 4.90 Å². The summed E-state index contributed by atoms with van der Waals surface area (Å²) in [4.78, 5) is 33.6. The average Bonchev–Trinajstić information content (AvgIpc) is 2.55. The Balaban J connectivity index is 2.25. The van der Waals surface area contributed by atoms with Crippen LogP contribution in [0.25, 0.3) is 0 Å². The van der Waals surface area contributed by atoms with Crippen molar-refractivity contribution >= 4 is 17.8 Å². The number of carboxylic acid groups (broad SMARTS) is 1. The number of amides is 2. The van der Waals surface area contributed by atoms with Crippen molar-refractivity contribution in [1.29, 1.82) is 0 Å². The standard InChI is InChI=1S/C9H10FNO4/c1-9(2)3-4(9)7(13)11(6(3)12)5(10)8(14)15/h3-5H,1-2H3,(H,14,15). The lowest BCUT2D eigenvalue weighted by molar-refractivity contribution is -0.164. The molecule has 3 unspecified atom stereocenters. The van der Waals surface area contributed by atoms with E-state index >= 15 is 0 Å². The molecule has 1 aliphatic heterocycles. The van der Waals surface area contributed by atoms with Crippen LogP contribution >= 0.6 is 0 Å². The Morgan fingerprint density at radius 3 is 2.13 bits per heavy atom. The van der Waals surface area contributed by atoms with Crippen molar-refractivity contribution < 1.29 is 23.9 Å². The predicted molar refractivity (Wildman–Crippen MR) is 45.1 cm³/mol. The van der Waals surface area contributed by atoms with Gasteiger partial charge in [-0.05, 0) is 5.41 Å². The highest BCUT2D eigenvalue weighted by atomic mass is 19.1. The lowest BCUT2D eigenvalue weighted by atomic mass is 10.1. The summed E-state index contributed by atoms with van der Waals surface area (Å²) in [5, 5.41) is 8.39. The molecule has 6 heteroatoms. The van der Waals surface area contributed by atoms with E-state index in [0.717, 1.165) is 0 Å². The van der Waals surface area contributed by atoms with Gasteiger partial charge >= 0.3 is 5.97 Å². The van der Waals surface area contributed by atoms with Gasteiger partial charge in [-0.25, -0.2) is 14.1 Å². The van der Waals surface area contributed by atoms with Crippen LogP contribution in [0.1, 0.15) is 13.8 Å². The fourth-order valence-corrected chi connectivity index (χ4v) is 2.30. The molecule has 0 aromatic heterocycles. The highest BCUT2D eigenvalue weighted by molar-refractivity contribution is 6.12. The Bertz CT molecular complexity index is 354. The van der Waals surface area contributed by atoms with Gasteiger partial charge in [-0.15, -0.1) is 0 Å². The number of hydrogen-bond acceptors (Lipinski definition) is 3. The monoisotopic (exact) mass is 215 g/mol. The normalized spacial score (nSPS) is 33.9. The summed E-state index contributed by atoms with van der Waals surface area (Å²) in [6, 6.07) is 0. The van der Waals surface area contributed by atoms with Gasteiger partial charge in [-0.2, -0.15) is 0 Å². The van der Waals surface area contributed by atoms with E-state index in [1.54, 1.807) is 13.8 Å². The Labute approximate surface area is 84.9 Å². The van der Waals surface area contributed by atoms with Crippen LogP contribution in [0.4, 0.5) is 4.39 Å². The van der Waals surface area contributed by atoms with Gasteiger partial charge < -0.3 is 5.11 Å². The Kier molecular flexibility index (Phi) is 1.72. The first-order chi connectivity index (χ1) is 6.80. The summed E-state index contributed by atoms with van der Waals surface area (Å²) in [5.41, 5.74) is -0.442. The number of imide groups is 1. The number of rotatable bonds is 2. The zero-order valence-corrected chi connectivity index (χ0v) is 8.23. The Morgan fingerprint density at radius 1 is 1.40 bits per heavy atom. The minimum absolute atomic E-state index is 0.225. The van der Waals surface area contributed by atoms with Gasteiger partial charge in [0.15, 0.2) is 0 Å². The fraction of sp³-hybridized carbons (Fsp3) is 0.667. The first-order valence-corrected chi connectivity index (χ1v) is 4.54. The molecule has 2 rings (SSSR count). The molecule has 1 N–H and O–H groups in total. The van der Waals surface area contributed by atoms with Crippen LogP contribution in [0.5, 0.6) is 0 Å². The second kappa shape index (κ2) is 2.56. The molecule has 2 fully saturated rings. The molecule has 2 aliphatic rings. The van der Waals surface area contributed by atoms with Crippen molar-refractivity contribution in [3.8, 4) is 0 Å². The third kappa shape index (κ3) is 1.04. The number of carbonyl (C=O) groups excluding carboxylic acids is 2. The fourth-order valence-electron chi connectivity index (χ4n) is 2.30. The van der Waals surface area contributed by atoms with E-state index in [9.17, 15) is 18.8 Å². The number of halogens is 1. The zero-order valence-electron chi connectivity index (χ0n) is 8.23. The summed E-state index contributed by atoms with van der Waals surface area (Å²) in [6.45, 7) is 3.48. The van der Waals surface area contributed by atoms with Crippen molar-refractivity contribution in [3.63, 3.8) is 0 Å². The maximum Gasteiger partial charge on any atom is 0.360 e. The molecule has 3 atom stereocenters. The summed E-state index contributed by atoms with van der Waals surface area (Å²) in [5.74, 6) is -4.30. The van der Waals surface area contributed by atoms with Crippen LogP contribution < -0.4 is 0 Å². The second-order valence-electron chi connectivity index (χ2n) is 4.50. The molecule has 82 valence electrons. The van der Waals surface area contributed by atoms with E-state index in [4.69, 9.17) is 5.11 Å². The molecule has 0 bridgehead atoms. The quantitative estimate of drug-likeness (QED) is 0.520. The summed E-state index contributed by atoms with van der Waals surface area (Å²) in [7, 11) is 0. The molecular weight excluding hydrogens is 205 g/mol. The number of hydrogen-bond donors (Lipinski definition) is 1. The summed E-state index contributed by atoms with van der Waals surface area (Å²) in [6.07, 6.45) is -2.55. The molecule has 1 saturated carbocycles. The SMILES string of the molecule is CC1(C)C2C(=O)N(C(F)C(=O)O)C(=O)C21. The molecule has 0 radical (unpaired) electrons. The average molecular weight is 215 g/mol. The van der Waals surface area contributed by atoms with Gasteiger partial charge in [0.25, 0.3) is 6.30 Å². The number of alkyl halides is 1. The van der Waals surface area contributed by atoms with Crippen LogP contribution in [-0.4, -0.2) is 34.1 Å². The highest BCUT2D eigenvalue weighted by Crippen LogP contribution is 2.63. The van der Waals surface area contributed by atoms with E-state index in [-0.39, 0.29) is 4.90 Å². The van der Waals surface area contributed by atoms with Gasteiger partial charge in [-0.3, -0.25) is 9.59 Å². The van der Waals surface area contributed by atoms with Crippen LogP contribution in [0.15, 0.2) is 0 Å². The minimum atomic E-state index is -2.55. The highest BCUT2D eigenvalue weighted by Gasteiger charge is 2.73. The Morgan fingerprint density at radius 2 is 1.80 bits per heavy atom. The molecule has 1 saturated heterocycles. The molecule has 0 aromatic carbocycles. The van der Waals surface area contributed by atoms with Crippen LogP contribution in [0, 0.1) is 17.3 Å². The molecule has 1 heterocycles. The third-order valence-electron chi connectivity index (χ3n) is 3.26. The smallest absolute Gasteiger partial charge is 0.360 e. The van der Waals surface area contributed by atoms with E-state index in [1.165, 1.54) is 0 Å². The summed E-state index contributed by atoms with van der Waals surface area (Å²) < 4.78 is 13.1. The first-order valence-electron chi connectivity index (χ1n) is 4.54. The number of fused-ring (bicyclic) bond motifs is 1. The van der Waals surface area contributed by atoms with E-state index in [2.05, 4.69) is 0 Å². The van der Waals surface area contributed by atoms with E-state index in [0.29, 0.717) is 0 Å². The number of carbonyl (C=O) groups is 3. The van der Waals surface area contributed by atoms with Gasteiger partial charge in [0, 0.05) is 0 Å². The zero-order chi connectivity index (χ0) is 11.5. The topological polar surface area (TPSA) is 74.7 Å². The summed E-state index contributed by atoms with van der Waals surface area (Å²) >= 11 is 0. The maximum atomic E-state index is 13.1. The number of likely N-dealkylation sites (tertiary alicyclic amines) is 1. The van der Waals surface area contributed by atoms with Crippen molar-refractivity contribution in [2.45, 2.75) is 20.1 Å². The first kappa shape index (κ1) is 10.1. The van der Waals surface area contributed by atoms with Crippen molar-refractivity contribution in [2.75, 3.05) is 0 Å². The predicted octanol–water partition coefficient (Wildman–Crippen LogP) is 0.00760. The lowest BCUT2D eigenvalue weighted by Crippen LogP contribution is -2.45. The molecule has 5 nitrogen and oxygen atoms in total. The van der Waals surface area contributed by atoms with Gasteiger partial charge in [0.1, 0.15) is 0 Å². The molecule has 2 amide bonds. The number of nitrogens with zero attached hydrogens (tertiary/aromatic N) is 1. The van der Waals surface area contributed by atoms with Crippen LogP contribution in [-0.2, 0) is 14.4 Å². The van der Waals surface area contributed by atoms with Gasteiger partial charge in [0.2, 0.25) is 11.8 Å². The lowest BCUT2D eigenvalue weighted by Gasteiger charge is -2.21. The van der Waals surface area contributed by atoms with Gasteiger partial charge in [0.05, 0.1) is 11.8 Å². The van der Waals surface area contributed by atoms with Crippen LogP contribution in [0.3, 0.4) is 0 Å². The largest absolute Gasteiger partial charge is 0.478 e.